The molecule has 1 aliphatic rings. The van der Waals surface area contributed by atoms with Gasteiger partial charge in [-0.1, -0.05) is 55.2 Å². The van der Waals surface area contributed by atoms with Gasteiger partial charge in [0.25, 0.3) is 0 Å². The third-order valence-electron chi connectivity index (χ3n) is 7.56. The van der Waals surface area contributed by atoms with E-state index in [9.17, 15) is 23.5 Å². The van der Waals surface area contributed by atoms with Gasteiger partial charge >= 0.3 is 11.5 Å². The predicted molar refractivity (Wildman–Crippen MR) is 158 cm³/mol. The Hall–Kier alpha value is -3.02. The minimum absolute atomic E-state index is 0.0794. The van der Waals surface area contributed by atoms with Crippen LogP contribution in [0.5, 0.6) is 11.5 Å². The molecule has 0 bridgehead atoms. The van der Waals surface area contributed by atoms with Crippen LogP contribution in [0.3, 0.4) is 0 Å². The number of hydrogen-bond acceptors (Lipinski definition) is 7. The maximum Gasteiger partial charge on any atom is 0.387 e. The van der Waals surface area contributed by atoms with Crippen molar-refractivity contribution >= 4 is 27.5 Å². The average Bonchev–Trinajstić information content (AvgIpc) is 3.15. The zero-order chi connectivity index (χ0) is 29.0. The van der Waals surface area contributed by atoms with Crippen LogP contribution in [0.4, 0.5) is 8.78 Å². The summed E-state index contributed by atoms with van der Waals surface area (Å²) in [6.07, 6.45) is 8.56. The number of carbonyl (C=O) groups is 1. The lowest BCUT2D eigenvalue weighted by Gasteiger charge is -2.32. The summed E-state index contributed by atoms with van der Waals surface area (Å²) in [5.74, 6) is 0.380. The van der Waals surface area contributed by atoms with Crippen LogP contribution in [-0.2, 0) is 17.6 Å². The highest BCUT2D eigenvalue weighted by molar-refractivity contribution is 7.16. The number of benzene rings is 2. The number of amides is 1. The fraction of sp³-hybridized carbons (Fsp3) is 0.533. The molecule has 0 spiro atoms. The average molecular weight is 591 g/mol. The van der Waals surface area contributed by atoms with Gasteiger partial charge in [0.05, 0.1) is 4.70 Å². The highest BCUT2D eigenvalue weighted by Crippen LogP contribution is 2.28. The van der Waals surface area contributed by atoms with Crippen LogP contribution in [0.1, 0.15) is 56.1 Å². The topological polar surface area (TPSA) is 107 Å². The fourth-order valence-corrected chi connectivity index (χ4v) is 6.37. The van der Waals surface area contributed by atoms with Gasteiger partial charge < -0.3 is 30.4 Å². The Morgan fingerprint density at radius 2 is 1.80 bits per heavy atom. The number of aromatic amines is 1. The van der Waals surface area contributed by atoms with Crippen LogP contribution in [0.15, 0.2) is 41.2 Å². The maximum absolute atomic E-state index is 13.3. The molecule has 11 heteroatoms. The Balaban J connectivity index is 1.23. The highest BCUT2D eigenvalue weighted by atomic mass is 32.1. The summed E-state index contributed by atoms with van der Waals surface area (Å²) in [5, 5.41) is 16.8. The molecule has 1 heterocycles. The van der Waals surface area contributed by atoms with Crippen molar-refractivity contribution in [1.82, 2.24) is 20.5 Å². The van der Waals surface area contributed by atoms with Crippen molar-refractivity contribution < 1.29 is 23.4 Å². The van der Waals surface area contributed by atoms with Crippen LogP contribution >= 0.6 is 11.3 Å². The van der Waals surface area contributed by atoms with Crippen molar-refractivity contribution in [3.63, 3.8) is 0 Å². The van der Waals surface area contributed by atoms with E-state index in [4.69, 9.17) is 0 Å². The largest absolute Gasteiger partial charge is 0.506 e. The van der Waals surface area contributed by atoms with Gasteiger partial charge in [-0.2, -0.15) is 8.78 Å². The number of nitrogens with one attached hydrogen (secondary N) is 3. The lowest BCUT2D eigenvalue weighted by molar-refractivity contribution is -0.133. The van der Waals surface area contributed by atoms with Gasteiger partial charge in [0, 0.05) is 32.1 Å². The maximum atomic E-state index is 13.3. The molecule has 224 valence electrons. The molecule has 0 saturated heterocycles. The predicted octanol–water partition coefficient (Wildman–Crippen LogP) is 4.80. The van der Waals surface area contributed by atoms with Crippen LogP contribution in [0, 0.1) is 0 Å². The van der Waals surface area contributed by atoms with E-state index in [1.807, 2.05) is 12.1 Å². The number of phenols is 1. The molecular weight excluding hydrogens is 550 g/mol. The van der Waals surface area contributed by atoms with E-state index < -0.39 is 6.61 Å². The first-order chi connectivity index (χ1) is 19.9. The van der Waals surface area contributed by atoms with Gasteiger partial charge in [-0.05, 0) is 68.1 Å². The summed E-state index contributed by atoms with van der Waals surface area (Å²) in [7, 11) is 0. The minimum atomic E-state index is -2.84. The molecule has 0 radical (unpaired) electrons. The molecular formula is C30H40F2N4O4S. The molecule has 1 amide bonds. The second kappa shape index (κ2) is 15.8. The second-order valence-corrected chi connectivity index (χ2v) is 11.5. The quantitative estimate of drug-likeness (QED) is 0.150. The SMILES string of the molecule is O=C(CCNCCc1cccc(OC(F)F)c1)N(CCNCCc1ccc(O)c2[nH]c(=O)sc12)C1CCCCCC1. The number of H-pyrrole nitrogens is 1. The number of alkyl halides is 2. The number of aromatic nitrogens is 1. The molecule has 0 atom stereocenters. The lowest BCUT2D eigenvalue weighted by Crippen LogP contribution is -2.45. The fourth-order valence-electron chi connectivity index (χ4n) is 5.47. The molecule has 8 nitrogen and oxygen atoms in total. The van der Waals surface area contributed by atoms with Gasteiger partial charge in [-0.3, -0.25) is 9.59 Å². The Labute approximate surface area is 243 Å². The van der Waals surface area contributed by atoms with Crippen LogP contribution in [-0.4, -0.2) is 66.3 Å². The van der Waals surface area contributed by atoms with Crippen molar-refractivity contribution in [3.8, 4) is 11.5 Å². The molecule has 4 rings (SSSR count). The molecule has 1 aromatic heterocycles. The van der Waals surface area contributed by atoms with E-state index in [1.165, 1.54) is 18.9 Å². The third kappa shape index (κ3) is 9.51. The van der Waals surface area contributed by atoms with E-state index in [0.717, 1.165) is 52.8 Å². The van der Waals surface area contributed by atoms with Gasteiger partial charge in [0.2, 0.25) is 5.91 Å². The molecule has 1 fully saturated rings. The van der Waals surface area contributed by atoms with Gasteiger partial charge in [-0.25, -0.2) is 0 Å². The van der Waals surface area contributed by atoms with Gasteiger partial charge in [0.1, 0.15) is 17.0 Å². The number of carbonyl (C=O) groups excluding carboxylic acids is 1. The number of hydrogen-bond donors (Lipinski definition) is 4. The number of halogens is 2. The van der Waals surface area contributed by atoms with Crippen molar-refractivity contribution in [1.29, 1.82) is 0 Å². The van der Waals surface area contributed by atoms with Gasteiger partial charge in [-0.15, -0.1) is 0 Å². The van der Waals surface area contributed by atoms with E-state index in [2.05, 4.69) is 25.3 Å². The Bertz CT molecular complexity index is 1310. The van der Waals surface area contributed by atoms with Crippen molar-refractivity contribution in [3.05, 3.63) is 57.2 Å². The first-order valence-corrected chi connectivity index (χ1v) is 15.3. The molecule has 2 aromatic carbocycles. The number of fused-ring (bicyclic) bond motifs is 1. The van der Waals surface area contributed by atoms with Gasteiger partial charge in [0.15, 0.2) is 0 Å². The third-order valence-corrected chi connectivity index (χ3v) is 8.51. The monoisotopic (exact) mass is 590 g/mol. The number of ether oxygens (including phenoxy) is 1. The van der Waals surface area contributed by atoms with Crippen LogP contribution < -0.4 is 20.2 Å². The molecule has 1 saturated carbocycles. The molecule has 1 aliphatic carbocycles. The zero-order valence-electron chi connectivity index (χ0n) is 23.3. The number of aromatic hydroxyl groups is 1. The van der Waals surface area contributed by atoms with E-state index in [0.29, 0.717) is 57.5 Å². The summed E-state index contributed by atoms with van der Waals surface area (Å²) in [6, 6.07) is 10.4. The van der Waals surface area contributed by atoms with Crippen molar-refractivity contribution in [2.24, 2.45) is 0 Å². The summed E-state index contributed by atoms with van der Waals surface area (Å²) in [4.78, 5) is 29.7. The first kappa shape index (κ1) is 30.9. The van der Waals surface area contributed by atoms with E-state index >= 15 is 0 Å². The summed E-state index contributed by atoms with van der Waals surface area (Å²) < 4.78 is 30.2. The smallest absolute Gasteiger partial charge is 0.387 e. The van der Waals surface area contributed by atoms with Crippen LogP contribution in [0.25, 0.3) is 10.2 Å². The summed E-state index contributed by atoms with van der Waals surface area (Å²) in [5.41, 5.74) is 2.39. The number of phenolic OH excluding ortho intramolecular Hbond substituents is 1. The Morgan fingerprint density at radius 1 is 1.05 bits per heavy atom. The molecule has 4 N–H and O–H groups in total. The Morgan fingerprint density at radius 3 is 2.59 bits per heavy atom. The molecule has 41 heavy (non-hydrogen) atoms. The second-order valence-electron chi connectivity index (χ2n) is 10.5. The molecule has 0 unspecified atom stereocenters. The van der Waals surface area contributed by atoms with Crippen molar-refractivity contribution in [2.45, 2.75) is 70.4 Å². The highest BCUT2D eigenvalue weighted by Gasteiger charge is 2.24. The van der Waals surface area contributed by atoms with Crippen molar-refractivity contribution in [2.75, 3.05) is 32.7 Å². The summed E-state index contributed by atoms with van der Waals surface area (Å²) >= 11 is 1.11. The summed E-state index contributed by atoms with van der Waals surface area (Å²) in [6.45, 7) is 0.365. The lowest BCUT2D eigenvalue weighted by atomic mass is 10.1. The van der Waals surface area contributed by atoms with E-state index in [1.54, 1.807) is 18.2 Å². The number of nitrogens with zero attached hydrogens (tertiary/aromatic N) is 1. The van der Waals surface area contributed by atoms with Crippen LogP contribution in [0.2, 0.25) is 0 Å². The molecule has 3 aromatic rings. The van der Waals surface area contributed by atoms with E-state index in [-0.39, 0.29) is 28.3 Å². The Kier molecular flexibility index (Phi) is 11.9. The minimum Gasteiger partial charge on any atom is -0.506 e. The zero-order valence-corrected chi connectivity index (χ0v) is 24.1. The molecule has 0 aliphatic heterocycles. The number of rotatable bonds is 15. The first-order valence-electron chi connectivity index (χ1n) is 14.5. The normalized spacial score (nSPS) is 14.4. The standard InChI is InChI=1S/C30H40F2N4O4S/c31-29(32)40-24-9-5-6-21(20-24)12-15-33-17-14-26(38)36(23-7-3-1-2-4-8-23)19-18-34-16-13-22-10-11-25(37)27-28(22)41-30(39)35-27/h5-6,9-11,20,23,29,33-34,37H,1-4,7-8,12-19H2,(H,35,39). The number of thiazole rings is 1.